The molecule has 0 saturated carbocycles. The van der Waals surface area contributed by atoms with E-state index < -0.39 is 0 Å². The maximum atomic E-state index is 13.5. The van der Waals surface area contributed by atoms with Crippen LogP contribution in [0.15, 0.2) is 66.3 Å². The molecule has 9 heteroatoms. The first-order chi connectivity index (χ1) is 14.2. The van der Waals surface area contributed by atoms with Gasteiger partial charge in [-0.25, -0.2) is 14.1 Å². The molecular formula is C21H23FIN7. The van der Waals surface area contributed by atoms with E-state index in [0.29, 0.717) is 13.1 Å². The fourth-order valence-electron chi connectivity index (χ4n) is 3.19. The molecule has 0 fully saturated rings. The Labute approximate surface area is 190 Å². The van der Waals surface area contributed by atoms with Gasteiger partial charge < -0.3 is 15.6 Å². The molecular weight excluding hydrogens is 496 g/mol. The molecule has 4 aromatic rings. The molecule has 0 amide bonds. The second-order valence-electron chi connectivity index (χ2n) is 6.61. The number of fused-ring (bicyclic) bond motifs is 1. The third-order valence-corrected chi connectivity index (χ3v) is 4.72. The number of hydrogen-bond donors (Lipinski definition) is 3. The Morgan fingerprint density at radius 2 is 2.00 bits per heavy atom. The van der Waals surface area contributed by atoms with Crippen molar-refractivity contribution in [3.05, 3.63) is 78.3 Å². The Kier molecular flexibility index (Phi) is 7.39. The molecule has 0 spiro atoms. The summed E-state index contributed by atoms with van der Waals surface area (Å²) in [6.45, 7) is 1.34. The van der Waals surface area contributed by atoms with Gasteiger partial charge in [-0.05, 0) is 47.9 Å². The highest BCUT2D eigenvalue weighted by Gasteiger charge is 2.06. The number of aromatic amines is 1. The van der Waals surface area contributed by atoms with Crippen LogP contribution in [0.3, 0.4) is 0 Å². The summed E-state index contributed by atoms with van der Waals surface area (Å²) in [6, 6.07) is 12.9. The Bertz CT molecular complexity index is 1100. The first kappa shape index (κ1) is 21.8. The predicted molar refractivity (Wildman–Crippen MR) is 127 cm³/mol. The van der Waals surface area contributed by atoms with Crippen molar-refractivity contribution >= 4 is 40.8 Å². The highest BCUT2D eigenvalue weighted by Crippen LogP contribution is 2.19. The van der Waals surface area contributed by atoms with E-state index in [9.17, 15) is 4.39 Å². The Morgan fingerprint density at radius 1 is 1.17 bits per heavy atom. The van der Waals surface area contributed by atoms with Gasteiger partial charge in [-0.3, -0.25) is 4.99 Å². The summed E-state index contributed by atoms with van der Waals surface area (Å²) in [7, 11) is 1.74. The molecule has 0 aliphatic rings. The number of nitrogens with zero attached hydrogens (tertiary/aromatic N) is 4. The summed E-state index contributed by atoms with van der Waals surface area (Å²) in [5.41, 5.74) is 4.11. The van der Waals surface area contributed by atoms with Crippen LogP contribution in [0.2, 0.25) is 0 Å². The number of aliphatic imine (C=N–C) groups is 1. The van der Waals surface area contributed by atoms with Crippen molar-refractivity contribution in [1.29, 1.82) is 0 Å². The molecule has 4 rings (SSSR count). The number of rotatable bonds is 6. The second kappa shape index (κ2) is 10.2. The molecule has 0 atom stereocenters. The Balaban J connectivity index is 0.00000256. The molecule has 0 aliphatic heterocycles. The lowest BCUT2D eigenvalue weighted by Gasteiger charge is -2.12. The zero-order chi connectivity index (χ0) is 20.1. The fraction of sp³-hybridized carbons (Fsp3) is 0.190. The van der Waals surface area contributed by atoms with Crippen molar-refractivity contribution in [2.24, 2.45) is 4.99 Å². The van der Waals surface area contributed by atoms with Crippen LogP contribution < -0.4 is 10.6 Å². The maximum Gasteiger partial charge on any atom is 0.191 e. The highest BCUT2D eigenvalue weighted by molar-refractivity contribution is 14.0. The average molecular weight is 519 g/mol. The van der Waals surface area contributed by atoms with Crippen molar-refractivity contribution in [2.75, 3.05) is 13.6 Å². The van der Waals surface area contributed by atoms with Crippen molar-refractivity contribution in [3.63, 3.8) is 0 Å². The third-order valence-electron chi connectivity index (χ3n) is 4.72. The summed E-state index contributed by atoms with van der Waals surface area (Å²) in [5.74, 6) is 0.495. The van der Waals surface area contributed by atoms with Crippen molar-refractivity contribution in [1.82, 2.24) is 30.4 Å². The Hall–Kier alpha value is -2.95. The van der Waals surface area contributed by atoms with E-state index in [-0.39, 0.29) is 29.8 Å². The number of benzene rings is 2. The van der Waals surface area contributed by atoms with Crippen LogP contribution in [0.4, 0.5) is 4.39 Å². The summed E-state index contributed by atoms with van der Waals surface area (Å²) in [4.78, 5) is 11.4. The summed E-state index contributed by atoms with van der Waals surface area (Å²) in [5, 5.41) is 11.6. The minimum atomic E-state index is -0.223. The smallest absolute Gasteiger partial charge is 0.191 e. The average Bonchev–Trinajstić information content (AvgIpc) is 3.41. The van der Waals surface area contributed by atoms with Gasteiger partial charge in [-0.1, -0.05) is 12.1 Å². The van der Waals surface area contributed by atoms with E-state index in [1.165, 1.54) is 12.4 Å². The molecule has 3 N–H and O–H groups in total. The summed E-state index contributed by atoms with van der Waals surface area (Å²) in [6.07, 6.45) is 5.87. The van der Waals surface area contributed by atoms with Crippen molar-refractivity contribution in [2.45, 2.75) is 13.0 Å². The quantitative estimate of drug-likeness (QED) is 0.207. The van der Waals surface area contributed by atoms with Gasteiger partial charge in [0.05, 0.1) is 5.69 Å². The predicted octanol–water partition coefficient (Wildman–Crippen LogP) is 3.41. The van der Waals surface area contributed by atoms with E-state index in [0.717, 1.165) is 40.1 Å². The molecule has 2 heterocycles. The van der Waals surface area contributed by atoms with Gasteiger partial charge in [-0.15, -0.1) is 24.0 Å². The van der Waals surface area contributed by atoms with Crippen molar-refractivity contribution in [3.8, 4) is 5.69 Å². The third kappa shape index (κ3) is 5.15. The van der Waals surface area contributed by atoms with Crippen LogP contribution in [0.5, 0.6) is 0 Å². The molecule has 156 valence electrons. The molecule has 7 nitrogen and oxygen atoms in total. The van der Waals surface area contributed by atoms with E-state index in [2.05, 4.69) is 30.7 Å². The van der Waals surface area contributed by atoms with Gasteiger partial charge in [0.15, 0.2) is 5.96 Å². The minimum Gasteiger partial charge on any atom is -0.361 e. The molecule has 0 radical (unpaired) electrons. The van der Waals surface area contributed by atoms with Crippen LogP contribution in [-0.2, 0) is 13.0 Å². The largest absolute Gasteiger partial charge is 0.361 e. The molecule has 0 bridgehead atoms. The molecule has 2 aromatic heterocycles. The minimum absolute atomic E-state index is 0. The van der Waals surface area contributed by atoms with E-state index in [4.69, 9.17) is 0 Å². The van der Waals surface area contributed by atoms with E-state index >= 15 is 0 Å². The lowest BCUT2D eigenvalue weighted by molar-refractivity contribution is 0.629. The number of guanidine groups is 1. The number of halogens is 2. The molecule has 0 aliphatic carbocycles. The number of nitrogens with one attached hydrogen (secondary N) is 3. The van der Waals surface area contributed by atoms with Crippen molar-refractivity contribution < 1.29 is 4.39 Å². The zero-order valence-corrected chi connectivity index (χ0v) is 18.8. The lowest BCUT2D eigenvalue weighted by atomic mass is 10.1. The number of aromatic nitrogens is 4. The van der Waals surface area contributed by atoms with Crippen LogP contribution >= 0.6 is 24.0 Å². The van der Waals surface area contributed by atoms with Gasteiger partial charge >= 0.3 is 0 Å². The lowest BCUT2D eigenvalue weighted by Crippen LogP contribution is -2.37. The van der Waals surface area contributed by atoms with Gasteiger partial charge in [0.2, 0.25) is 0 Å². The molecule has 2 aromatic carbocycles. The van der Waals surface area contributed by atoms with Gasteiger partial charge in [0.1, 0.15) is 18.5 Å². The van der Waals surface area contributed by atoms with Crippen LogP contribution in [0, 0.1) is 5.82 Å². The standard InChI is InChI=1S/C21H22FN7.HI/c1-23-21(25-9-8-16-12-26-20-7-4-17(22)10-19(16)20)27-11-15-2-5-18(6-3-15)29-14-24-13-28-29;/h2-7,10,12-14,26H,8-9,11H2,1H3,(H2,23,25,27);1H. The number of hydrogen-bond acceptors (Lipinski definition) is 3. The Morgan fingerprint density at radius 3 is 2.73 bits per heavy atom. The van der Waals surface area contributed by atoms with E-state index in [1.807, 2.05) is 30.5 Å². The first-order valence-electron chi connectivity index (χ1n) is 9.37. The topological polar surface area (TPSA) is 82.9 Å². The SMILES string of the molecule is CN=C(NCCc1c[nH]c2ccc(F)cc12)NCc1ccc(-n2cncn2)cc1.I. The van der Waals surface area contributed by atoms with Crippen LogP contribution in [0.25, 0.3) is 16.6 Å². The fourth-order valence-corrected chi connectivity index (χ4v) is 3.19. The normalized spacial score (nSPS) is 11.3. The van der Waals surface area contributed by atoms with E-state index in [1.54, 1.807) is 30.2 Å². The summed E-state index contributed by atoms with van der Waals surface area (Å²) < 4.78 is 15.2. The van der Waals surface area contributed by atoms with Crippen LogP contribution in [0.1, 0.15) is 11.1 Å². The first-order valence-corrected chi connectivity index (χ1v) is 9.37. The maximum absolute atomic E-state index is 13.5. The van der Waals surface area contributed by atoms with Crippen LogP contribution in [-0.4, -0.2) is 39.3 Å². The highest BCUT2D eigenvalue weighted by atomic mass is 127. The molecule has 0 saturated heterocycles. The molecule has 30 heavy (non-hydrogen) atoms. The zero-order valence-electron chi connectivity index (χ0n) is 16.5. The second-order valence-corrected chi connectivity index (χ2v) is 6.61. The molecule has 0 unspecified atom stereocenters. The monoisotopic (exact) mass is 519 g/mol. The van der Waals surface area contributed by atoms with Gasteiger partial charge in [0.25, 0.3) is 0 Å². The van der Waals surface area contributed by atoms with Gasteiger partial charge in [0, 0.05) is 37.2 Å². The summed E-state index contributed by atoms with van der Waals surface area (Å²) >= 11 is 0. The van der Waals surface area contributed by atoms with Gasteiger partial charge in [-0.2, -0.15) is 5.10 Å². The number of H-pyrrole nitrogens is 1.